The molecule has 1 atom stereocenters. The van der Waals surface area contributed by atoms with E-state index in [0.717, 1.165) is 35.0 Å². The first-order valence-electron chi connectivity index (χ1n) is 10.8. The molecule has 1 aliphatic rings. The average Bonchev–Trinajstić information content (AvgIpc) is 2.71. The Hall–Kier alpha value is -2.09. The van der Waals surface area contributed by atoms with Crippen LogP contribution in [0.4, 0.5) is 0 Å². The van der Waals surface area contributed by atoms with Crippen LogP contribution in [0.1, 0.15) is 31.9 Å². The highest BCUT2D eigenvalue weighted by Crippen LogP contribution is 2.38. The van der Waals surface area contributed by atoms with Gasteiger partial charge in [0.1, 0.15) is 0 Å². The standard InChI is InChI=1S/C24H32N4OSSi/c1-24(2,3)31(5,6)27-30(4,29)28-14-11-18-7-8-19(15-20(18)17-28)21-10-13-26-23-16-25-12-9-22(21)23/h7-10,12-13,15-16H,11,14,17H2,1-6H3. The molecule has 0 aliphatic carbocycles. The summed E-state index contributed by atoms with van der Waals surface area (Å²) in [6, 6.07) is 10.7. The largest absolute Gasteiger partial charge is 0.265 e. The summed E-state index contributed by atoms with van der Waals surface area (Å²) in [6.45, 7) is 12.5. The highest BCUT2D eigenvalue weighted by atomic mass is 32.2. The van der Waals surface area contributed by atoms with E-state index in [9.17, 15) is 4.21 Å². The van der Waals surface area contributed by atoms with Gasteiger partial charge in [-0.15, -0.1) is 0 Å². The van der Waals surface area contributed by atoms with Crippen molar-refractivity contribution in [2.45, 2.75) is 51.9 Å². The van der Waals surface area contributed by atoms with Crippen LogP contribution in [-0.2, 0) is 22.9 Å². The third-order valence-corrected chi connectivity index (χ3v) is 14.9. The molecular weight excluding hydrogens is 420 g/mol. The van der Waals surface area contributed by atoms with Gasteiger partial charge in [0.25, 0.3) is 0 Å². The summed E-state index contributed by atoms with van der Waals surface area (Å²) in [5, 5.41) is 1.17. The van der Waals surface area contributed by atoms with Crippen LogP contribution in [0, 0.1) is 0 Å². The van der Waals surface area contributed by atoms with Gasteiger partial charge in [-0.2, -0.15) is 0 Å². The fourth-order valence-corrected chi connectivity index (χ4v) is 9.61. The molecule has 7 heteroatoms. The minimum atomic E-state index is -2.43. The van der Waals surface area contributed by atoms with Crippen LogP contribution < -0.4 is 0 Å². The SMILES string of the molecule is CC(C)(C)[Si](C)(C)N=S(C)(=O)N1CCc2ccc(-c3ccnc4cnccc34)cc2C1. The molecule has 2 aromatic heterocycles. The van der Waals surface area contributed by atoms with E-state index >= 15 is 0 Å². The second kappa shape index (κ2) is 7.80. The first kappa shape index (κ1) is 22.1. The zero-order valence-corrected chi connectivity index (χ0v) is 21.2. The summed E-state index contributed by atoms with van der Waals surface area (Å²) in [6.07, 6.45) is 8.16. The van der Waals surface area contributed by atoms with E-state index in [2.05, 4.69) is 72.4 Å². The van der Waals surface area contributed by atoms with Gasteiger partial charge in [0.15, 0.2) is 8.24 Å². The van der Waals surface area contributed by atoms with E-state index in [1.807, 2.05) is 24.7 Å². The molecule has 3 aromatic rings. The van der Waals surface area contributed by atoms with Crippen molar-refractivity contribution in [2.24, 2.45) is 4.03 Å². The van der Waals surface area contributed by atoms with Gasteiger partial charge in [0, 0.05) is 37.1 Å². The highest BCUT2D eigenvalue weighted by Gasteiger charge is 2.38. The molecule has 0 bridgehead atoms. The molecule has 0 spiro atoms. The fourth-order valence-electron chi connectivity index (χ4n) is 3.86. The molecule has 3 heterocycles. The lowest BCUT2D eigenvalue weighted by atomic mass is 9.94. The lowest BCUT2D eigenvalue weighted by molar-refractivity contribution is 0.418. The number of benzene rings is 1. The van der Waals surface area contributed by atoms with Crippen LogP contribution in [0.5, 0.6) is 0 Å². The van der Waals surface area contributed by atoms with Crippen molar-refractivity contribution in [3.8, 4) is 11.1 Å². The van der Waals surface area contributed by atoms with Crippen molar-refractivity contribution in [1.82, 2.24) is 14.3 Å². The molecule has 1 aliphatic heterocycles. The molecule has 1 unspecified atom stereocenters. The maximum Gasteiger partial charge on any atom is 0.194 e. The summed E-state index contributed by atoms with van der Waals surface area (Å²) in [5.74, 6) is 0. The minimum Gasteiger partial charge on any atom is -0.265 e. The van der Waals surface area contributed by atoms with Gasteiger partial charge in [-0.3, -0.25) is 14.0 Å². The first-order valence-corrected chi connectivity index (χ1v) is 15.6. The van der Waals surface area contributed by atoms with Gasteiger partial charge in [0.2, 0.25) is 0 Å². The summed E-state index contributed by atoms with van der Waals surface area (Å²) in [7, 11) is -4.44. The fraction of sp³-hybridized carbons (Fsp3) is 0.417. The quantitative estimate of drug-likeness (QED) is 0.481. The van der Waals surface area contributed by atoms with E-state index in [1.54, 1.807) is 6.20 Å². The number of hydrogen-bond acceptors (Lipinski definition) is 4. The number of fused-ring (bicyclic) bond motifs is 2. The van der Waals surface area contributed by atoms with Gasteiger partial charge < -0.3 is 0 Å². The Labute approximate surface area is 187 Å². The Kier molecular flexibility index (Phi) is 5.56. The third kappa shape index (κ3) is 4.31. The van der Waals surface area contributed by atoms with Crippen LogP contribution in [0.2, 0.25) is 18.1 Å². The number of aromatic nitrogens is 2. The normalized spacial score (nSPS) is 17.2. The van der Waals surface area contributed by atoms with E-state index in [4.69, 9.17) is 4.03 Å². The number of hydrogen-bond donors (Lipinski definition) is 0. The van der Waals surface area contributed by atoms with Crippen LogP contribution in [0.25, 0.3) is 22.0 Å². The highest BCUT2D eigenvalue weighted by molar-refractivity contribution is 7.91. The van der Waals surface area contributed by atoms with Crippen molar-refractivity contribution >= 4 is 29.1 Å². The van der Waals surface area contributed by atoms with Crippen molar-refractivity contribution in [3.05, 3.63) is 60.0 Å². The van der Waals surface area contributed by atoms with E-state index in [-0.39, 0.29) is 5.04 Å². The zero-order valence-electron chi connectivity index (χ0n) is 19.3. The topological polar surface area (TPSA) is 58.5 Å². The predicted molar refractivity (Wildman–Crippen MR) is 133 cm³/mol. The zero-order chi connectivity index (χ0) is 22.4. The first-order chi connectivity index (χ1) is 14.5. The second-order valence-corrected chi connectivity index (χ2v) is 17.4. The molecule has 5 nitrogen and oxygen atoms in total. The lowest BCUT2D eigenvalue weighted by Gasteiger charge is -2.36. The van der Waals surface area contributed by atoms with Gasteiger partial charge in [-0.05, 0) is 65.0 Å². The van der Waals surface area contributed by atoms with Gasteiger partial charge in [-0.1, -0.05) is 32.9 Å². The van der Waals surface area contributed by atoms with Gasteiger partial charge >= 0.3 is 0 Å². The number of pyridine rings is 2. The summed E-state index contributed by atoms with van der Waals surface area (Å²) in [5.41, 5.74) is 5.77. The number of rotatable bonds is 3. The second-order valence-electron chi connectivity index (χ2n) is 10.0. The van der Waals surface area contributed by atoms with Crippen LogP contribution >= 0.6 is 0 Å². The average molecular weight is 453 g/mol. The van der Waals surface area contributed by atoms with E-state index in [1.165, 1.54) is 11.1 Å². The Morgan fingerprint density at radius 3 is 2.61 bits per heavy atom. The molecule has 0 N–H and O–H groups in total. The van der Waals surface area contributed by atoms with E-state index < -0.39 is 18.2 Å². The van der Waals surface area contributed by atoms with Crippen molar-refractivity contribution in [3.63, 3.8) is 0 Å². The Morgan fingerprint density at radius 1 is 1.10 bits per heavy atom. The summed E-state index contributed by atoms with van der Waals surface area (Å²) < 4.78 is 20.8. The van der Waals surface area contributed by atoms with E-state index in [0.29, 0.717) is 6.54 Å². The van der Waals surface area contributed by atoms with Crippen LogP contribution in [0.15, 0.2) is 53.0 Å². The third-order valence-electron chi connectivity index (χ3n) is 6.75. The summed E-state index contributed by atoms with van der Waals surface area (Å²) in [4.78, 5) is 8.63. The maximum atomic E-state index is 13.7. The van der Waals surface area contributed by atoms with Crippen molar-refractivity contribution in [1.29, 1.82) is 0 Å². The molecular formula is C24H32N4OSSi. The Bertz CT molecular complexity index is 1250. The van der Waals surface area contributed by atoms with Crippen LogP contribution in [0.3, 0.4) is 0 Å². The van der Waals surface area contributed by atoms with Gasteiger partial charge in [0.05, 0.1) is 21.6 Å². The molecule has 0 amide bonds. The minimum absolute atomic E-state index is 0.0732. The predicted octanol–water partition coefficient (Wildman–Crippen LogP) is 5.67. The smallest absolute Gasteiger partial charge is 0.194 e. The molecule has 0 saturated carbocycles. The molecule has 164 valence electrons. The molecule has 0 saturated heterocycles. The van der Waals surface area contributed by atoms with Crippen molar-refractivity contribution < 1.29 is 4.21 Å². The van der Waals surface area contributed by atoms with Crippen LogP contribution in [-0.4, -0.2) is 39.5 Å². The maximum absolute atomic E-state index is 13.7. The molecule has 31 heavy (non-hydrogen) atoms. The lowest BCUT2D eigenvalue weighted by Crippen LogP contribution is -2.41. The molecule has 1 aromatic carbocycles. The molecule has 0 fully saturated rings. The molecule has 4 rings (SSSR count). The molecule has 0 radical (unpaired) electrons. The van der Waals surface area contributed by atoms with Crippen molar-refractivity contribution in [2.75, 3.05) is 12.8 Å². The number of nitrogens with zero attached hydrogens (tertiary/aromatic N) is 4. The Balaban J connectivity index is 1.71. The van der Waals surface area contributed by atoms with Gasteiger partial charge in [-0.25, -0.2) is 8.51 Å². The summed E-state index contributed by atoms with van der Waals surface area (Å²) >= 11 is 0. The monoisotopic (exact) mass is 452 g/mol. The Morgan fingerprint density at radius 2 is 1.87 bits per heavy atom.